The van der Waals surface area contributed by atoms with Crippen molar-refractivity contribution in [1.29, 1.82) is 0 Å². The maximum Gasteiger partial charge on any atom is 0.267 e. The first kappa shape index (κ1) is 16.8. The van der Waals surface area contributed by atoms with Gasteiger partial charge in [-0.2, -0.15) is 0 Å². The Morgan fingerprint density at radius 3 is 2.73 bits per heavy atom. The summed E-state index contributed by atoms with van der Waals surface area (Å²) in [7, 11) is 0. The molecule has 4 aromatic rings. The van der Waals surface area contributed by atoms with Crippen LogP contribution in [0.4, 0.5) is 5.69 Å². The summed E-state index contributed by atoms with van der Waals surface area (Å²) in [5.74, 6) is 0.875. The van der Waals surface area contributed by atoms with E-state index in [1.807, 2.05) is 42.5 Å². The van der Waals surface area contributed by atoms with Gasteiger partial charge >= 0.3 is 0 Å². The summed E-state index contributed by atoms with van der Waals surface area (Å²) >= 11 is 7.74. The molecule has 0 radical (unpaired) electrons. The highest BCUT2D eigenvalue weighted by atomic mass is 35.5. The third kappa shape index (κ3) is 3.12. The van der Waals surface area contributed by atoms with Gasteiger partial charge in [0.25, 0.3) is 5.91 Å². The van der Waals surface area contributed by atoms with Crippen molar-refractivity contribution in [3.63, 3.8) is 0 Å². The molecule has 0 aliphatic heterocycles. The predicted octanol–water partition coefficient (Wildman–Crippen LogP) is 5.56. The van der Waals surface area contributed by atoms with Crippen LogP contribution in [-0.4, -0.2) is 11.0 Å². The number of amides is 1. The Morgan fingerprint density at radius 1 is 1.12 bits per heavy atom. The molecule has 0 bridgehead atoms. The third-order valence-corrected chi connectivity index (χ3v) is 5.64. The monoisotopic (exact) mass is 383 g/mol. The van der Waals surface area contributed by atoms with Crippen LogP contribution in [0.2, 0.25) is 5.02 Å². The van der Waals surface area contributed by atoms with Crippen molar-refractivity contribution in [2.24, 2.45) is 0 Å². The minimum atomic E-state index is -0.246. The lowest BCUT2D eigenvalue weighted by atomic mass is 10.1. The molecule has 4 nitrogen and oxygen atoms in total. The normalized spacial score (nSPS) is 11.0. The molecule has 4 rings (SSSR count). The minimum Gasteiger partial charge on any atom is -0.459 e. The van der Waals surface area contributed by atoms with E-state index in [0.29, 0.717) is 27.1 Å². The Labute approximate surface area is 158 Å². The summed E-state index contributed by atoms with van der Waals surface area (Å²) < 4.78 is 6.52. The molecule has 1 amide bonds. The molecule has 0 aliphatic carbocycles. The second kappa shape index (κ2) is 6.96. The van der Waals surface area contributed by atoms with Crippen molar-refractivity contribution in [1.82, 2.24) is 0 Å². The highest BCUT2D eigenvalue weighted by Gasteiger charge is 2.17. The molecule has 6 heteroatoms. The lowest BCUT2D eigenvalue weighted by molar-refractivity contribution is 0.103. The van der Waals surface area contributed by atoms with E-state index in [-0.39, 0.29) is 12.5 Å². The number of halogens is 1. The van der Waals surface area contributed by atoms with Crippen molar-refractivity contribution in [3.05, 3.63) is 76.3 Å². The number of hydrogen-bond donors (Lipinski definition) is 2. The molecular weight excluding hydrogens is 370 g/mol. The number of furan rings is 1. The number of aliphatic hydroxyl groups is 1. The number of rotatable bonds is 4. The number of thiophene rings is 1. The van der Waals surface area contributed by atoms with Gasteiger partial charge in [-0.15, -0.1) is 11.3 Å². The molecule has 0 atom stereocenters. The molecule has 2 aromatic heterocycles. The molecule has 0 spiro atoms. The van der Waals surface area contributed by atoms with Crippen LogP contribution in [-0.2, 0) is 6.61 Å². The number of carbonyl (C=O) groups excluding carboxylic acids is 1. The molecule has 0 saturated carbocycles. The summed E-state index contributed by atoms with van der Waals surface area (Å²) in [5, 5.41) is 13.4. The number of fused-ring (bicyclic) bond motifs is 1. The van der Waals surface area contributed by atoms with Gasteiger partial charge in [0.05, 0.1) is 5.02 Å². The molecule has 0 unspecified atom stereocenters. The van der Waals surface area contributed by atoms with Crippen molar-refractivity contribution >= 4 is 44.6 Å². The van der Waals surface area contributed by atoms with E-state index in [9.17, 15) is 4.79 Å². The smallest absolute Gasteiger partial charge is 0.267 e. The second-order valence-corrected chi connectivity index (χ2v) is 7.13. The van der Waals surface area contributed by atoms with Crippen molar-refractivity contribution < 1.29 is 14.3 Å². The van der Waals surface area contributed by atoms with E-state index >= 15 is 0 Å². The van der Waals surface area contributed by atoms with E-state index < -0.39 is 0 Å². The maximum absolute atomic E-state index is 12.7. The van der Waals surface area contributed by atoms with E-state index in [1.54, 1.807) is 18.2 Å². The lowest BCUT2D eigenvalue weighted by Gasteiger charge is -2.06. The molecule has 26 heavy (non-hydrogen) atoms. The Morgan fingerprint density at radius 2 is 1.96 bits per heavy atom. The maximum atomic E-state index is 12.7. The van der Waals surface area contributed by atoms with Crippen LogP contribution in [0.1, 0.15) is 15.4 Å². The number of carbonyl (C=O) groups is 1. The predicted molar refractivity (Wildman–Crippen MR) is 105 cm³/mol. The number of hydrogen-bond acceptors (Lipinski definition) is 4. The summed E-state index contributed by atoms with van der Waals surface area (Å²) in [5.41, 5.74) is 1.45. The van der Waals surface area contributed by atoms with Crippen LogP contribution in [0.15, 0.2) is 65.1 Å². The number of anilines is 1. The molecule has 0 saturated heterocycles. The summed E-state index contributed by atoms with van der Waals surface area (Å²) in [6.45, 7) is -0.152. The second-order valence-electron chi connectivity index (χ2n) is 5.70. The van der Waals surface area contributed by atoms with E-state index in [2.05, 4.69) is 5.32 Å². The van der Waals surface area contributed by atoms with Crippen LogP contribution >= 0.6 is 22.9 Å². The van der Waals surface area contributed by atoms with Gasteiger partial charge in [0.2, 0.25) is 0 Å². The molecule has 2 aromatic carbocycles. The van der Waals surface area contributed by atoms with E-state index in [4.69, 9.17) is 21.1 Å². The summed E-state index contributed by atoms with van der Waals surface area (Å²) in [6, 6.07) is 18.5. The Kier molecular flexibility index (Phi) is 4.51. The van der Waals surface area contributed by atoms with E-state index in [0.717, 1.165) is 15.6 Å². The van der Waals surface area contributed by atoms with Crippen LogP contribution in [0.5, 0.6) is 0 Å². The fourth-order valence-electron chi connectivity index (χ4n) is 2.72. The zero-order chi connectivity index (χ0) is 18.1. The van der Waals surface area contributed by atoms with Gasteiger partial charge < -0.3 is 14.8 Å². The first-order valence-electron chi connectivity index (χ1n) is 7.94. The Bertz CT molecular complexity index is 1100. The van der Waals surface area contributed by atoms with Crippen LogP contribution in [0, 0.1) is 0 Å². The molecule has 2 heterocycles. The van der Waals surface area contributed by atoms with Gasteiger partial charge in [-0.3, -0.25) is 4.79 Å². The van der Waals surface area contributed by atoms with Crippen molar-refractivity contribution in [3.8, 4) is 11.3 Å². The average molecular weight is 384 g/mol. The molecule has 0 fully saturated rings. The van der Waals surface area contributed by atoms with Gasteiger partial charge in [0.1, 0.15) is 23.0 Å². The van der Waals surface area contributed by atoms with Crippen molar-refractivity contribution in [2.45, 2.75) is 6.61 Å². The number of aliphatic hydroxyl groups excluding tert-OH is 1. The molecular formula is C20H14ClNO3S. The Balaban J connectivity index is 1.61. The fraction of sp³-hybridized carbons (Fsp3) is 0.0500. The third-order valence-electron chi connectivity index (χ3n) is 3.96. The van der Waals surface area contributed by atoms with Gasteiger partial charge in [-0.1, -0.05) is 41.9 Å². The average Bonchev–Trinajstić information content (AvgIpc) is 3.27. The van der Waals surface area contributed by atoms with Gasteiger partial charge in [0, 0.05) is 21.3 Å². The highest BCUT2D eigenvalue weighted by Crippen LogP contribution is 2.35. The van der Waals surface area contributed by atoms with Crippen LogP contribution in [0.25, 0.3) is 21.4 Å². The SMILES string of the molecule is O=C(Nc1cccc(-c2ccc(CO)o2)c1)c1sc2ccccc2c1Cl. The standard InChI is InChI=1S/C20H14ClNO3S/c21-18-15-6-1-2-7-17(15)26-19(18)20(24)22-13-5-3-4-12(10-13)16-9-8-14(11-23)25-16/h1-10,23H,11H2,(H,22,24). The topological polar surface area (TPSA) is 62.5 Å². The molecule has 2 N–H and O–H groups in total. The first-order valence-corrected chi connectivity index (χ1v) is 9.13. The van der Waals surface area contributed by atoms with Crippen LogP contribution in [0.3, 0.4) is 0 Å². The van der Waals surface area contributed by atoms with Crippen molar-refractivity contribution in [2.75, 3.05) is 5.32 Å². The van der Waals surface area contributed by atoms with Gasteiger partial charge in [-0.25, -0.2) is 0 Å². The fourth-order valence-corrected chi connectivity index (χ4v) is 4.13. The lowest BCUT2D eigenvalue weighted by Crippen LogP contribution is -2.10. The zero-order valence-electron chi connectivity index (χ0n) is 13.5. The zero-order valence-corrected chi connectivity index (χ0v) is 15.1. The Hall–Kier alpha value is -2.60. The molecule has 0 aliphatic rings. The largest absolute Gasteiger partial charge is 0.459 e. The summed E-state index contributed by atoms with van der Waals surface area (Å²) in [4.78, 5) is 13.1. The first-order chi connectivity index (χ1) is 12.7. The number of nitrogens with one attached hydrogen (secondary N) is 1. The van der Waals surface area contributed by atoms with Crippen LogP contribution < -0.4 is 5.32 Å². The summed E-state index contributed by atoms with van der Waals surface area (Å²) in [6.07, 6.45) is 0. The minimum absolute atomic E-state index is 0.152. The van der Waals surface area contributed by atoms with Gasteiger partial charge in [-0.05, 0) is 30.3 Å². The quantitative estimate of drug-likeness (QED) is 0.485. The molecule has 130 valence electrons. The van der Waals surface area contributed by atoms with Gasteiger partial charge in [0.15, 0.2) is 0 Å². The highest BCUT2D eigenvalue weighted by molar-refractivity contribution is 7.21. The van der Waals surface area contributed by atoms with E-state index in [1.165, 1.54) is 11.3 Å². The number of benzene rings is 2.